The van der Waals surface area contributed by atoms with E-state index in [1.165, 1.54) is 19.3 Å². The standard InChI is InChI=1S/C14H25N3O/c1-4-17-12(8-11-15-17)13(18)14(16(2)3)9-6-5-7-10-14/h8,11,13,18H,4-7,9-10H2,1-3H3. The van der Waals surface area contributed by atoms with Crippen molar-refractivity contribution in [2.24, 2.45) is 0 Å². The summed E-state index contributed by atoms with van der Waals surface area (Å²) in [6.07, 6.45) is 7.16. The first-order valence-electron chi connectivity index (χ1n) is 6.99. The molecular weight excluding hydrogens is 226 g/mol. The van der Waals surface area contributed by atoms with Crippen molar-refractivity contribution in [3.63, 3.8) is 0 Å². The lowest BCUT2D eigenvalue weighted by Gasteiger charge is -2.46. The zero-order valence-corrected chi connectivity index (χ0v) is 11.8. The number of rotatable bonds is 4. The zero-order chi connectivity index (χ0) is 13.2. The van der Waals surface area contributed by atoms with E-state index in [9.17, 15) is 5.11 Å². The van der Waals surface area contributed by atoms with E-state index in [2.05, 4.69) is 31.0 Å². The normalized spacial score (nSPS) is 21.2. The molecule has 102 valence electrons. The van der Waals surface area contributed by atoms with E-state index in [1.54, 1.807) is 6.20 Å². The molecule has 1 aromatic heterocycles. The molecule has 1 fully saturated rings. The molecular formula is C14H25N3O. The summed E-state index contributed by atoms with van der Waals surface area (Å²) >= 11 is 0. The van der Waals surface area contributed by atoms with Crippen LogP contribution in [0.5, 0.6) is 0 Å². The number of hydrogen-bond donors (Lipinski definition) is 1. The predicted molar refractivity (Wildman–Crippen MR) is 72.4 cm³/mol. The molecule has 18 heavy (non-hydrogen) atoms. The van der Waals surface area contributed by atoms with Gasteiger partial charge in [-0.1, -0.05) is 19.3 Å². The highest BCUT2D eigenvalue weighted by Crippen LogP contribution is 2.41. The lowest BCUT2D eigenvalue weighted by atomic mass is 9.75. The van der Waals surface area contributed by atoms with Gasteiger partial charge in [-0.15, -0.1) is 0 Å². The Kier molecular flexibility index (Phi) is 4.07. The maximum Gasteiger partial charge on any atom is 0.114 e. The van der Waals surface area contributed by atoms with Crippen LogP contribution < -0.4 is 0 Å². The van der Waals surface area contributed by atoms with Gasteiger partial charge in [0.1, 0.15) is 6.10 Å². The molecule has 0 spiro atoms. The first-order chi connectivity index (χ1) is 8.62. The molecule has 0 bridgehead atoms. The van der Waals surface area contributed by atoms with E-state index < -0.39 is 6.10 Å². The largest absolute Gasteiger partial charge is 0.385 e. The molecule has 0 saturated heterocycles. The molecule has 1 aromatic rings. The second-order valence-electron chi connectivity index (χ2n) is 5.53. The predicted octanol–water partition coefficient (Wildman–Crippen LogP) is 2.20. The minimum Gasteiger partial charge on any atom is -0.385 e. The van der Waals surface area contributed by atoms with Crippen LogP contribution in [0.2, 0.25) is 0 Å². The molecule has 1 aliphatic carbocycles. The smallest absolute Gasteiger partial charge is 0.114 e. The van der Waals surface area contributed by atoms with Crippen LogP contribution in [0.25, 0.3) is 0 Å². The minimum absolute atomic E-state index is 0.120. The number of aliphatic hydroxyl groups excluding tert-OH is 1. The van der Waals surface area contributed by atoms with Gasteiger partial charge in [-0.25, -0.2) is 0 Å². The van der Waals surface area contributed by atoms with E-state index in [-0.39, 0.29) is 5.54 Å². The van der Waals surface area contributed by atoms with Crippen LogP contribution in [0.1, 0.15) is 50.8 Å². The highest BCUT2D eigenvalue weighted by Gasteiger charge is 2.42. The van der Waals surface area contributed by atoms with Crippen molar-refractivity contribution in [2.75, 3.05) is 14.1 Å². The monoisotopic (exact) mass is 251 g/mol. The van der Waals surface area contributed by atoms with E-state index in [4.69, 9.17) is 0 Å². The Balaban J connectivity index is 2.31. The van der Waals surface area contributed by atoms with Crippen LogP contribution >= 0.6 is 0 Å². The third kappa shape index (κ3) is 2.19. The second-order valence-corrected chi connectivity index (χ2v) is 5.53. The summed E-state index contributed by atoms with van der Waals surface area (Å²) < 4.78 is 1.91. The van der Waals surface area contributed by atoms with Gasteiger partial charge in [0.2, 0.25) is 0 Å². The van der Waals surface area contributed by atoms with Crippen molar-refractivity contribution < 1.29 is 5.11 Å². The van der Waals surface area contributed by atoms with Gasteiger partial charge in [-0.05, 0) is 39.9 Å². The molecule has 1 atom stereocenters. The highest BCUT2D eigenvalue weighted by molar-refractivity contribution is 5.13. The maximum atomic E-state index is 10.9. The molecule has 0 amide bonds. The quantitative estimate of drug-likeness (QED) is 0.892. The van der Waals surface area contributed by atoms with Crippen LogP contribution in [0.4, 0.5) is 0 Å². The van der Waals surface area contributed by atoms with Gasteiger partial charge in [-0.3, -0.25) is 4.68 Å². The first-order valence-corrected chi connectivity index (χ1v) is 6.99. The maximum absolute atomic E-state index is 10.9. The zero-order valence-electron chi connectivity index (χ0n) is 11.8. The molecule has 2 rings (SSSR count). The van der Waals surface area contributed by atoms with Gasteiger partial charge in [0.15, 0.2) is 0 Å². The van der Waals surface area contributed by atoms with Gasteiger partial charge in [0, 0.05) is 12.7 Å². The number of aryl methyl sites for hydroxylation is 1. The van der Waals surface area contributed by atoms with Gasteiger partial charge in [0.05, 0.1) is 11.2 Å². The third-order valence-corrected chi connectivity index (χ3v) is 4.45. The average molecular weight is 251 g/mol. The number of likely N-dealkylation sites (N-methyl/N-ethyl adjacent to an activating group) is 1. The van der Waals surface area contributed by atoms with Crippen molar-refractivity contribution in [1.82, 2.24) is 14.7 Å². The summed E-state index contributed by atoms with van der Waals surface area (Å²) in [6.45, 7) is 2.87. The van der Waals surface area contributed by atoms with Gasteiger partial charge >= 0.3 is 0 Å². The number of nitrogens with zero attached hydrogens (tertiary/aromatic N) is 3. The van der Waals surface area contributed by atoms with Crippen molar-refractivity contribution >= 4 is 0 Å². The Morgan fingerprint density at radius 3 is 2.61 bits per heavy atom. The molecule has 0 aromatic carbocycles. The molecule has 4 heteroatoms. The van der Waals surface area contributed by atoms with Gasteiger partial charge in [0.25, 0.3) is 0 Å². The summed E-state index contributed by atoms with van der Waals surface area (Å²) in [6, 6.07) is 1.95. The van der Waals surface area contributed by atoms with E-state index in [0.717, 1.165) is 25.1 Å². The van der Waals surface area contributed by atoms with Crippen LogP contribution in [-0.2, 0) is 6.54 Å². The molecule has 0 aliphatic heterocycles. The van der Waals surface area contributed by atoms with E-state index in [0.29, 0.717) is 0 Å². The Morgan fingerprint density at radius 1 is 1.39 bits per heavy atom. The summed E-state index contributed by atoms with van der Waals surface area (Å²) in [4.78, 5) is 2.21. The van der Waals surface area contributed by atoms with Crippen molar-refractivity contribution in [1.29, 1.82) is 0 Å². The van der Waals surface area contributed by atoms with Crippen molar-refractivity contribution in [3.05, 3.63) is 18.0 Å². The topological polar surface area (TPSA) is 41.3 Å². The first kappa shape index (κ1) is 13.6. The Morgan fingerprint density at radius 2 is 2.06 bits per heavy atom. The Labute approximate surface area is 110 Å². The molecule has 1 N–H and O–H groups in total. The van der Waals surface area contributed by atoms with Crippen LogP contribution in [0.3, 0.4) is 0 Å². The molecule has 0 radical (unpaired) electrons. The van der Waals surface area contributed by atoms with E-state index in [1.807, 2.05) is 10.7 Å². The fraction of sp³-hybridized carbons (Fsp3) is 0.786. The number of aliphatic hydroxyl groups is 1. The van der Waals surface area contributed by atoms with Crippen molar-refractivity contribution in [2.45, 2.75) is 57.2 Å². The number of hydrogen-bond acceptors (Lipinski definition) is 3. The Hall–Kier alpha value is -0.870. The van der Waals surface area contributed by atoms with Crippen LogP contribution in [-0.4, -0.2) is 39.4 Å². The van der Waals surface area contributed by atoms with Crippen LogP contribution in [0, 0.1) is 0 Å². The second kappa shape index (κ2) is 5.41. The SMILES string of the molecule is CCn1nccc1C(O)C1(N(C)C)CCCCC1. The summed E-state index contributed by atoms with van der Waals surface area (Å²) in [5.74, 6) is 0. The molecule has 1 heterocycles. The Bertz CT molecular complexity index is 380. The molecule has 4 nitrogen and oxygen atoms in total. The van der Waals surface area contributed by atoms with Gasteiger partial charge < -0.3 is 10.0 Å². The highest BCUT2D eigenvalue weighted by atomic mass is 16.3. The van der Waals surface area contributed by atoms with Gasteiger partial charge in [-0.2, -0.15) is 5.10 Å². The van der Waals surface area contributed by atoms with Crippen molar-refractivity contribution in [3.8, 4) is 0 Å². The number of aromatic nitrogens is 2. The minimum atomic E-state index is -0.449. The summed E-state index contributed by atoms with van der Waals surface area (Å²) in [5.41, 5.74) is 0.832. The van der Waals surface area contributed by atoms with E-state index >= 15 is 0 Å². The summed E-state index contributed by atoms with van der Waals surface area (Å²) in [7, 11) is 4.17. The third-order valence-electron chi connectivity index (χ3n) is 4.45. The summed E-state index contributed by atoms with van der Waals surface area (Å²) in [5, 5.41) is 15.1. The molecule has 1 saturated carbocycles. The lowest BCUT2D eigenvalue weighted by molar-refractivity contribution is -0.0378. The molecule has 1 aliphatic rings. The fourth-order valence-corrected chi connectivity index (χ4v) is 3.24. The fourth-order valence-electron chi connectivity index (χ4n) is 3.24. The molecule has 1 unspecified atom stereocenters. The average Bonchev–Trinajstić information content (AvgIpc) is 2.86. The van der Waals surface area contributed by atoms with Crippen LogP contribution in [0.15, 0.2) is 12.3 Å². The lowest BCUT2D eigenvalue weighted by Crippen LogP contribution is -2.51.